The lowest BCUT2D eigenvalue weighted by Gasteiger charge is -2.07. The van der Waals surface area contributed by atoms with Gasteiger partial charge in [0.25, 0.3) is 12.4 Å². The van der Waals surface area contributed by atoms with Gasteiger partial charge >= 0.3 is 0 Å². The minimum Gasteiger partial charge on any atom is -0.471 e. The van der Waals surface area contributed by atoms with E-state index in [9.17, 15) is 4.79 Å². The first kappa shape index (κ1) is 18.0. The molecule has 0 bridgehead atoms. The number of ether oxygens (including phenoxy) is 2. The molecule has 0 radical (unpaired) electrons. The highest BCUT2D eigenvalue weighted by molar-refractivity contribution is 7.16. The summed E-state index contributed by atoms with van der Waals surface area (Å²) >= 11 is 1.68. The van der Waals surface area contributed by atoms with E-state index in [1.807, 2.05) is 0 Å². The Morgan fingerprint density at radius 1 is 1.41 bits per heavy atom. The first-order chi connectivity index (χ1) is 10.6. The van der Waals surface area contributed by atoms with Gasteiger partial charge in [-0.1, -0.05) is 6.58 Å². The first-order valence-corrected chi connectivity index (χ1v) is 7.73. The third-order valence-corrected chi connectivity index (χ3v) is 4.51. The number of nitrogens with one attached hydrogen (secondary N) is 1. The third-order valence-electron chi connectivity index (χ3n) is 3.21. The number of thiophene rings is 1. The number of fused-ring (bicyclic) bond motifs is 1. The summed E-state index contributed by atoms with van der Waals surface area (Å²) in [7, 11) is 1.31. The topological polar surface area (TPSA) is 64.6 Å². The molecule has 1 aliphatic rings. The lowest BCUT2D eigenvalue weighted by molar-refractivity contribution is -0.126. The highest BCUT2D eigenvalue weighted by Crippen LogP contribution is 2.38. The van der Waals surface area contributed by atoms with Crippen molar-refractivity contribution in [1.82, 2.24) is 0 Å². The Hall–Kier alpha value is -2.08. The molecule has 0 saturated carbocycles. The minimum absolute atomic E-state index is 0.222. The van der Waals surface area contributed by atoms with Crippen LogP contribution >= 0.6 is 11.3 Å². The number of carbonyl (C=O) groups is 2. The van der Waals surface area contributed by atoms with Gasteiger partial charge in [0.15, 0.2) is 5.76 Å². The Balaban J connectivity index is 0.000000541. The van der Waals surface area contributed by atoms with Crippen molar-refractivity contribution in [2.24, 2.45) is 0 Å². The zero-order chi connectivity index (χ0) is 16.5. The van der Waals surface area contributed by atoms with Crippen LogP contribution in [0.15, 0.2) is 24.7 Å². The molecule has 120 valence electrons. The van der Waals surface area contributed by atoms with E-state index in [1.165, 1.54) is 35.8 Å². The standard InChI is InChI=1S/C14H17NO2S.C2H4O2/c1-4-11(17-5-2)13(16)15-14-9(3)10-7-6-8-12(10)18-14;1-4-2-3/h4-5H,2,6-8H2,1,3H3,(H,15,16);2H,1H3/b11-4-;. The molecule has 1 amide bonds. The summed E-state index contributed by atoms with van der Waals surface area (Å²) in [6, 6.07) is 0. The molecule has 0 unspecified atom stereocenters. The first-order valence-electron chi connectivity index (χ1n) is 6.91. The fourth-order valence-corrected chi connectivity index (χ4v) is 3.48. The molecule has 1 aliphatic carbocycles. The van der Waals surface area contributed by atoms with Crippen molar-refractivity contribution in [3.8, 4) is 0 Å². The van der Waals surface area contributed by atoms with Gasteiger partial charge in [-0.05, 0) is 50.3 Å². The molecular formula is C16H21NO4S. The number of aryl methyl sites for hydroxylation is 1. The van der Waals surface area contributed by atoms with Gasteiger partial charge in [0.1, 0.15) is 0 Å². The smallest absolute Gasteiger partial charge is 0.292 e. The average Bonchev–Trinajstić information content (AvgIpc) is 3.09. The molecule has 5 nitrogen and oxygen atoms in total. The Kier molecular flexibility index (Phi) is 7.39. The number of hydrogen-bond acceptors (Lipinski definition) is 5. The summed E-state index contributed by atoms with van der Waals surface area (Å²) in [5.41, 5.74) is 2.62. The van der Waals surface area contributed by atoms with E-state index in [4.69, 9.17) is 9.53 Å². The van der Waals surface area contributed by atoms with Crippen molar-refractivity contribution in [2.45, 2.75) is 33.1 Å². The highest BCUT2D eigenvalue weighted by atomic mass is 32.1. The van der Waals surface area contributed by atoms with Gasteiger partial charge in [-0.2, -0.15) is 0 Å². The summed E-state index contributed by atoms with van der Waals surface area (Å²) in [4.78, 5) is 22.3. The van der Waals surface area contributed by atoms with Crippen LogP contribution in [0.5, 0.6) is 0 Å². The fraction of sp³-hybridized carbons (Fsp3) is 0.375. The van der Waals surface area contributed by atoms with Crippen LogP contribution in [0.4, 0.5) is 5.00 Å². The number of rotatable bonds is 5. The molecule has 0 spiro atoms. The maximum absolute atomic E-state index is 12.0. The van der Waals surface area contributed by atoms with Crippen LogP contribution in [-0.2, 0) is 31.9 Å². The minimum atomic E-state index is -0.222. The van der Waals surface area contributed by atoms with Crippen LogP contribution in [-0.4, -0.2) is 19.5 Å². The molecule has 1 aromatic rings. The van der Waals surface area contributed by atoms with Gasteiger partial charge in [-0.25, -0.2) is 0 Å². The van der Waals surface area contributed by atoms with Crippen LogP contribution in [0.25, 0.3) is 0 Å². The van der Waals surface area contributed by atoms with E-state index in [0.717, 1.165) is 17.8 Å². The maximum Gasteiger partial charge on any atom is 0.292 e. The zero-order valence-electron chi connectivity index (χ0n) is 13.1. The van der Waals surface area contributed by atoms with Crippen molar-refractivity contribution in [3.63, 3.8) is 0 Å². The van der Waals surface area contributed by atoms with E-state index in [0.29, 0.717) is 6.47 Å². The van der Waals surface area contributed by atoms with Crippen molar-refractivity contribution in [2.75, 3.05) is 12.4 Å². The van der Waals surface area contributed by atoms with Crippen LogP contribution in [0.3, 0.4) is 0 Å². The molecule has 1 heterocycles. The van der Waals surface area contributed by atoms with E-state index < -0.39 is 0 Å². The number of carbonyl (C=O) groups excluding carboxylic acids is 2. The van der Waals surface area contributed by atoms with E-state index in [1.54, 1.807) is 24.3 Å². The summed E-state index contributed by atoms with van der Waals surface area (Å²) in [6.07, 6.45) is 6.39. The fourth-order valence-electron chi connectivity index (χ4n) is 2.19. The van der Waals surface area contributed by atoms with Crippen molar-refractivity contribution < 1.29 is 19.1 Å². The largest absolute Gasteiger partial charge is 0.471 e. The highest BCUT2D eigenvalue weighted by Gasteiger charge is 2.21. The van der Waals surface area contributed by atoms with Gasteiger partial charge in [0.2, 0.25) is 0 Å². The zero-order valence-corrected chi connectivity index (χ0v) is 13.9. The monoisotopic (exact) mass is 323 g/mol. The normalized spacial score (nSPS) is 12.6. The Labute approximate surface area is 134 Å². The van der Waals surface area contributed by atoms with Gasteiger partial charge in [0, 0.05) is 4.88 Å². The predicted molar refractivity (Wildman–Crippen MR) is 87.8 cm³/mol. The average molecular weight is 323 g/mol. The summed E-state index contributed by atoms with van der Waals surface area (Å²) in [5, 5.41) is 3.86. The maximum atomic E-state index is 12.0. The second-order valence-electron chi connectivity index (χ2n) is 4.53. The third kappa shape index (κ3) is 4.46. The Morgan fingerprint density at radius 2 is 2.09 bits per heavy atom. The number of allylic oxidation sites excluding steroid dienone is 1. The lowest BCUT2D eigenvalue weighted by Crippen LogP contribution is -2.15. The molecule has 1 N–H and O–H groups in total. The predicted octanol–water partition coefficient (Wildman–Crippen LogP) is 3.34. The molecule has 0 saturated heterocycles. The number of methoxy groups -OCH3 is 1. The number of anilines is 1. The molecule has 0 aliphatic heterocycles. The van der Waals surface area contributed by atoms with Crippen LogP contribution < -0.4 is 5.32 Å². The molecule has 0 aromatic carbocycles. The van der Waals surface area contributed by atoms with Crippen LogP contribution in [0, 0.1) is 6.92 Å². The van der Waals surface area contributed by atoms with Gasteiger partial charge in [0.05, 0.1) is 18.4 Å². The second kappa shape index (κ2) is 9.04. The molecule has 2 rings (SSSR count). The van der Waals surface area contributed by atoms with Gasteiger partial charge in [-0.3, -0.25) is 9.59 Å². The second-order valence-corrected chi connectivity index (χ2v) is 5.64. The summed E-state index contributed by atoms with van der Waals surface area (Å²) in [5.74, 6) is 0.0541. The molecule has 0 atom stereocenters. The number of amides is 1. The van der Waals surface area contributed by atoms with Gasteiger partial charge < -0.3 is 14.8 Å². The van der Waals surface area contributed by atoms with Crippen molar-refractivity contribution >= 4 is 28.7 Å². The lowest BCUT2D eigenvalue weighted by atomic mass is 10.1. The Morgan fingerprint density at radius 3 is 2.59 bits per heavy atom. The summed E-state index contributed by atoms with van der Waals surface area (Å²) < 4.78 is 8.92. The molecule has 1 aromatic heterocycles. The molecule has 22 heavy (non-hydrogen) atoms. The van der Waals surface area contributed by atoms with E-state index in [2.05, 4.69) is 23.6 Å². The molecule has 0 fully saturated rings. The van der Waals surface area contributed by atoms with Crippen LogP contribution in [0.1, 0.15) is 29.3 Å². The van der Waals surface area contributed by atoms with Crippen LogP contribution in [0.2, 0.25) is 0 Å². The SMILES string of the molecule is C=CO/C(=C\C)C(=O)Nc1sc2c(c1C)CCC2.COC=O. The Bertz CT molecular complexity index is 575. The van der Waals surface area contributed by atoms with Crippen molar-refractivity contribution in [1.29, 1.82) is 0 Å². The van der Waals surface area contributed by atoms with Crippen molar-refractivity contribution in [3.05, 3.63) is 40.7 Å². The molecular weight excluding hydrogens is 302 g/mol. The number of hydrogen-bond donors (Lipinski definition) is 1. The van der Waals surface area contributed by atoms with E-state index in [-0.39, 0.29) is 11.7 Å². The molecule has 6 heteroatoms. The van der Waals surface area contributed by atoms with Gasteiger partial charge in [-0.15, -0.1) is 11.3 Å². The van der Waals surface area contributed by atoms with E-state index >= 15 is 0 Å². The summed E-state index contributed by atoms with van der Waals surface area (Å²) in [6.45, 7) is 7.66. The quantitative estimate of drug-likeness (QED) is 0.513.